The van der Waals surface area contributed by atoms with E-state index in [0.29, 0.717) is 23.7 Å². The molecule has 0 radical (unpaired) electrons. The summed E-state index contributed by atoms with van der Waals surface area (Å²) >= 11 is 0. The van der Waals surface area contributed by atoms with E-state index in [0.717, 1.165) is 22.4 Å². The first-order chi connectivity index (χ1) is 13.5. The van der Waals surface area contributed by atoms with Gasteiger partial charge in [0, 0.05) is 5.56 Å². The van der Waals surface area contributed by atoms with Crippen molar-refractivity contribution in [3.63, 3.8) is 0 Å². The molecule has 1 aliphatic heterocycles. The van der Waals surface area contributed by atoms with Crippen LogP contribution in [0.5, 0.6) is 11.5 Å². The largest absolute Gasteiger partial charge is 0.488 e. The van der Waals surface area contributed by atoms with E-state index in [9.17, 15) is 4.79 Å². The lowest BCUT2D eigenvalue weighted by Crippen LogP contribution is -2.00. The summed E-state index contributed by atoms with van der Waals surface area (Å²) in [6.45, 7) is 6.56. The second-order valence-corrected chi connectivity index (χ2v) is 7.13. The van der Waals surface area contributed by atoms with Crippen molar-refractivity contribution in [3.8, 4) is 11.5 Å². The van der Waals surface area contributed by atoms with Gasteiger partial charge in [-0.3, -0.25) is 4.79 Å². The van der Waals surface area contributed by atoms with Crippen LogP contribution in [0, 0.1) is 20.8 Å². The Morgan fingerprint density at radius 2 is 1.75 bits per heavy atom. The molecule has 0 aliphatic carbocycles. The number of hydrogen-bond donors (Lipinski definition) is 0. The molecule has 0 unspecified atom stereocenters. The van der Waals surface area contributed by atoms with Gasteiger partial charge in [0.1, 0.15) is 18.1 Å². The number of ether oxygens (including phenoxy) is 2. The van der Waals surface area contributed by atoms with Crippen LogP contribution in [0.3, 0.4) is 0 Å². The molecule has 0 bridgehead atoms. The average Bonchev–Trinajstić information content (AvgIpc) is 3.01. The van der Waals surface area contributed by atoms with Crippen molar-refractivity contribution in [2.24, 2.45) is 0 Å². The molecule has 0 aromatic heterocycles. The van der Waals surface area contributed by atoms with Crippen molar-refractivity contribution in [2.45, 2.75) is 27.4 Å². The number of aryl methyl sites for hydroxylation is 2. The predicted octanol–water partition coefficient (Wildman–Crippen LogP) is 5.81. The van der Waals surface area contributed by atoms with E-state index in [4.69, 9.17) is 9.47 Å². The van der Waals surface area contributed by atoms with Gasteiger partial charge < -0.3 is 9.47 Å². The van der Waals surface area contributed by atoms with Gasteiger partial charge >= 0.3 is 0 Å². The maximum absolute atomic E-state index is 12.7. The van der Waals surface area contributed by atoms with Crippen LogP contribution in [0.4, 0.5) is 0 Å². The summed E-state index contributed by atoms with van der Waals surface area (Å²) in [4.78, 5) is 12.7. The van der Waals surface area contributed by atoms with Crippen LogP contribution >= 0.6 is 0 Å². The van der Waals surface area contributed by atoms with Crippen molar-refractivity contribution in [1.29, 1.82) is 0 Å². The smallest absolute Gasteiger partial charge is 0.231 e. The van der Waals surface area contributed by atoms with E-state index in [1.807, 2.05) is 43.3 Å². The monoisotopic (exact) mass is 370 g/mol. The number of fused-ring (bicyclic) bond motifs is 1. The average molecular weight is 370 g/mol. The zero-order valence-corrected chi connectivity index (χ0v) is 16.3. The Labute approximate surface area is 165 Å². The summed E-state index contributed by atoms with van der Waals surface area (Å²) in [6, 6.07) is 19.7. The Kier molecular flexibility index (Phi) is 4.74. The molecule has 0 atom stereocenters. The normalized spacial score (nSPS) is 14.1. The Morgan fingerprint density at radius 3 is 2.54 bits per heavy atom. The van der Waals surface area contributed by atoms with Crippen molar-refractivity contribution in [2.75, 3.05) is 0 Å². The highest BCUT2D eigenvalue weighted by atomic mass is 16.5. The number of ketones is 1. The predicted molar refractivity (Wildman–Crippen MR) is 111 cm³/mol. The van der Waals surface area contributed by atoms with Crippen molar-refractivity contribution >= 4 is 11.9 Å². The third-order valence-corrected chi connectivity index (χ3v) is 5.02. The van der Waals surface area contributed by atoms with E-state index in [2.05, 4.69) is 32.0 Å². The van der Waals surface area contributed by atoms with Gasteiger partial charge in [-0.25, -0.2) is 0 Å². The van der Waals surface area contributed by atoms with Crippen LogP contribution in [-0.4, -0.2) is 5.78 Å². The zero-order chi connectivity index (χ0) is 19.7. The van der Waals surface area contributed by atoms with Crippen LogP contribution in [0.25, 0.3) is 6.08 Å². The van der Waals surface area contributed by atoms with Gasteiger partial charge in [0.15, 0.2) is 5.76 Å². The molecule has 0 saturated carbocycles. The van der Waals surface area contributed by atoms with Gasteiger partial charge in [-0.15, -0.1) is 0 Å². The molecule has 3 aromatic carbocycles. The zero-order valence-electron chi connectivity index (χ0n) is 16.3. The van der Waals surface area contributed by atoms with E-state index in [1.165, 1.54) is 11.1 Å². The van der Waals surface area contributed by atoms with E-state index in [-0.39, 0.29) is 5.78 Å². The lowest BCUT2D eigenvalue weighted by Gasteiger charge is -2.13. The Balaban J connectivity index is 1.58. The number of hydrogen-bond acceptors (Lipinski definition) is 3. The van der Waals surface area contributed by atoms with Crippen molar-refractivity contribution in [1.82, 2.24) is 0 Å². The topological polar surface area (TPSA) is 35.5 Å². The Bertz CT molecular complexity index is 1080. The lowest BCUT2D eigenvalue weighted by molar-refractivity contribution is 0.101. The van der Waals surface area contributed by atoms with Crippen LogP contribution in [-0.2, 0) is 6.61 Å². The van der Waals surface area contributed by atoms with E-state index in [1.54, 1.807) is 12.1 Å². The van der Waals surface area contributed by atoms with Crippen LogP contribution in [0.15, 0.2) is 66.4 Å². The van der Waals surface area contributed by atoms with Gasteiger partial charge in [-0.05, 0) is 55.7 Å². The molecule has 0 N–H and O–H groups in total. The molecule has 0 spiro atoms. The minimum atomic E-state index is -0.0944. The fourth-order valence-electron chi connectivity index (χ4n) is 3.34. The molecule has 140 valence electrons. The van der Waals surface area contributed by atoms with Gasteiger partial charge in [-0.2, -0.15) is 0 Å². The first-order valence-electron chi connectivity index (χ1n) is 9.35. The molecule has 3 heteroatoms. The summed E-state index contributed by atoms with van der Waals surface area (Å²) in [7, 11) is 0. The van der Waals surface area contributed by atoms with Crippen LogP contribution < -0.4 is 9.47 Å². The quantitative estimate of drug-likeness (QED) is 0.544. The van der Waals surface area contributed by atoms with Gasteiger partial charge in [0.05, 0.1) is 5.56 Å². The van der Waals surface area contributed by atoms with Crippen LogP contribution in [0.2, 0.25) is 0 Å². The third-order valence-electron chi connectivity index (χ3n) is 5.02. The molecule has 3 aromatic rings. The SMILES string of the molecule is Cc1ccc(C)c(COc2ccc3c(c2C)O/C(=C\c2ccccc2)C3=O)c1. The molecule has 4 rings (SSSR count). The van der Waals surface area contributed by atoms with Gasteiger partial charge in [-0.1, -0.05) is 54.1 Å². The second-order valence-electron chi connectivity index (χ2n) is 7.13. The van der Waals surface area contributed by atoms with Gasteiger partial charge in [0.25, 0.3) is 0 Å². The summed E-state index contributed by atoms with van der Waals surface area (Å²) in [6.07, 6.45) is 1.78. The van der Waals surface area contributed by atoms with E-state index < -0.39 is 0 Å². The van der Waals surface area contributed by atoms with Gasteiger partial charge in [0.2, 0.25) is 5.78 Å². The minimum Gasteiger partial charge on any atom is -0.488 e. The number of benzene rings is 3. The second kappa shape index (κ2) is 7.35. The van der Waals surface area contributed by atoms with E-state index >= 15 is 0 Å². The molecule has 1 heterocycles. The summed E-state index contributed by atoms with van der Waals surface area (Å²) in [5, 5.41) is 0. The minimum absolute atomic E-state index is 0.0944. The highest BCUT2D eigenvalue weighted by molar-refractivity contribution is 6.14. The lowest BCUT2D eigenvalue weighted by atomic mass is 10.1. The standard InChI is InChI=1S/C25H22O3/c1-16-9-10-17(2)20(13-16)15-27-22-12-11-21-24(26)23(28-25(21)18(22)3)14-19-7-5-4-6-8-19/h4-14H,15H2,1-3H3/b23-14-. The van der Waals surface area contributed by atoms with Crippen molar-refractivity contribution in [3.05, 3.63) is 99.8 Å². The first kappa shape index (κ1) is 18.1. The fourth-order valence-corrected chi connectivity index (χ4v) is 3.34. The molecule has 28 heavy (non-hydrogen) atoms. The molecule has 1 aliphatic rings. The number of Topliss-reactive ketones (excluding diaryl/α,β-unsaturated/α-hetero) is 1. The summed E-state index contributed by atoms with van der Waals surface area (Å²) < 4.78 is 12.0. The highest BCUT2D eigenvalue weighted by Gasteiger charge is 2.30. The fraction of sp³-hybridized carbons (Fsp3) is 0.160. The number of carbonyl (C=O) groups excluding carboxylic acids is 1. The van der Waals surface area contributed by atoms with Crippen molar-refractivity contribution < 1.29 is 14.3 Å². The maximum atomic E-state index is 12.7. The first-order valence-corrected chi connectivity index (χ1v) is 9.35. The molecule has 3 nitrogen and oxygen atoms in total. The molecular weight excluding hydrogens is 348 g/mol. The molecule has 0 amide bonds. The Morgan fingerprint density at radius 1 is 0.964 bits per heavy atom. The summed E-state index contributed by atoms with van der Waals surface area (Å²) in [5.74, 6) is 1.57. The molecule has 0 fully saturated rings. The number of rotatable bonds is 4. The maximum Gasteiger partial charge on any atom is 0.231 e. The molecule has 0 saturated heterocycles. The van der Waals surface area contributed by atoms with Crippen LogP contribution in [0.1, 0.15) is 38.2 Å². The molecular formula is C25H22O3. The highest BCUT2D eigenvalue weighted by Crippen LogP contribution is 2.39. The number of allylic oxidation sites excluding steroid dienone is 1. The Hall–Kier alpha value is -3.33. The third kappa shape index (κ3) is 3.44. The number of carbonyl (C=O) groups is 1. The summed E-state index contributed by atoms with van der Waals surface area (Å²) in [5.41, 5.74) is 5.92.